The zero-order chi connectivity index (χ0) is 20.4. The third-order valence-corrected chi connectivity index (χ3v) is 3.23. The van der Waals surface area contributed by atoms with E-state index in [4.69, 9.17) is 0 Å². The van der Waals surface area contributed by atoms with Crippen LogP contribution < -0.4 is 10.1 Å². The van der Waals surface area contributed by atoms with Gasteiger partial charge in [-0.2, -0.15) is 35.8 Å². The molecule has 0 spiro atoms. The molecule has 1 heterocycles. The zero-order valence-corrected chi connectivity index (χ0v) is 13.5. The molecule has 1 N–H and O–H groups in total. The van der Waals surface area contributed by atoms with Gasteiger partial charge in [0.25, 0.3) is 5.91 Å². The minimum atomic E-state index is -4.94. The highest BCUT2D eigenvalue weighted by Gasteiger charge is 2.44. The lowest BCUT2D eigenvalue weighted by atomic mass is 10.2. The first kappa shape index (κ1) is 20.5. The summed E-state index contributed by atoms with van der Waals surface area (Å²) in [5.74, 6) is -2.16. The number of hydrogen-bond acceptors (Lipinski definition) is 3. The number of carbonyl (C=O) groups is 1. The highest BCUT2D eigenvalue weighted by Crippen LogP contribution is 2.34. The number of para-hydroxylation sites is 2. The molecule has 2 rings (SSSR count). The Morgan fingerprint density at radius 2 is 1.85 bits per heavy atom. The van der Waals surface area contributed by atoms with Crippen molar-refractivity contribution in [1.82, 2.24) is 9.78 Å². The summed E-state index contributed by atoms with van der Waals surface area (Å²) >= 11 is 0. The van der Waals surface area contributed by atoms with Gasteiger partial charge in [0.2, 0.25) is 0 Å². The van der Waals surface area contributed by atoms with E-state index >= 15 is 0 Å². The summed E-state index contributed by atoms with van der Waals surface area (Å²) < 4.78 is 94.6. The predicted molar refractivity (Wildman–Crippen MR) is 78.9 cm³/mol. The van der Waals surface area contributed by atoms with Gasteiger partial charge in [-0.1, -0.05) is 12.1 Å². The minimum absolute atomic E-state index is 0.0384. The van der Waals surface area contributed by atoms with E-state index in [1.807, 2.05) is 5.32 Å². The topological polar surface area (TPSA) is 56.2 Å². The summed E-state index contributed by atoms with van der Waals surface area (Å²) in [7, 11) is 0. The van der Waals surface area contributed by atoms with Gasteiger partial charge in [-0.05, 0) is 19.1 Å². The predicted octanol–water partition coefficient (Wildman–Crippen LogP) is 4.41. The number of anilines is 1. The van der Waals surface area contributed by atoms with E-state index in [0.29, 0.717) is 0 Å². The van der Waals surface area contributed by atoms with Crippen LogP contribution in [-0.2, 0) is 12.7 Å². The first-order valence-electron chi connectivity index (χ1n) is 7.35. The molecule has 0 unspecified atom stereocenters. The average molecular weight is 399 g/mol. The maximum Gasteiger partial charge on any atom is 0.461 e. The fraction of sp³-hybridized carbons (Fsp3) is 0.333. The molecule has 0 saturated carbocycles. The molecule has 0 bridgehead atoms. The highest BCUT2D eigenvalue weighted by molar-refractivity contribution is 6.05. The molecule has 0 fully saturated rings. The monoisotopic (exact) mass is 399 g/mol. The number of aryl methyl sites for hydroxylation is 1. The SMILES string of the molecule is CCn1cc(C(=O)Nc2ccccc2OC(F)(F)C(F)F)c(C(F)(F)F)n1. The summed E-state index contributed by atoms with van der Waals surface area (Å²) in [6, 6.07) is 4.25. The summed E-state index contributed by atoms with van der Waals surface area (Å²) in [6.45, 7) is 1.53. The van der Waals surface area contributed by atoms with Gasteiger partial charge >= 0.3 is 18.7 Å². The molecule has 0 aliphatic heterocycles. The van der Waals surface area contributed by atoms with Crippen molar-refractivity contribution in [1.29, 1.82) is 0 Å². The number of hydrogen-bond donors (Lipinski definition) is 1. The van der Waals surface area contributed by atoms with E-state index in [-0.39, 0.29) is 6.54 Å². The summed E-state index contributed by atoms with van der Waals surface area (Å²) in [5, 5.41) is 5.19. The maximum absolute atomic E-state index is 13.1. The number of carbonyl (C=O) groups excluding carboxylic acids is 1. The van der Waals surface area contributed by atoms with Gasteiger partial charge in [-0.15, -0.1) is 0 Å². The number of ether oxygens (including phenoxy) is 1. The zero-order valence-electron chi connectivity index (χ0n) is 13.5. The molecule has 5 nitrogen and oxygen atoms in total. The van der Waals surface area contributed by atoms with Crippen molar-refractivity contribution in [2.75, 3.05) is 5.32 Å². The van der Waals surface area contributed by atoms with Crippen molar-refractivity contribution in [3.63, 3.8) is 0 Å². The van der Waals surface area contributed by atoms with Crippen LogP contribution in [0.5, 0.6) is 5.75 Å². The Hall–Kier alpha value is -2.79. The molecular weight excluding hydrogens is 387 g/mol. The molecule has 12 heteroatoms. The van der Waals surface area contributed by atoms with Gasteiger partial charge in [-0.25, -0.2) is 0 Å². The average Bonchev–Trinajstić information content (AvgIpc) is 3.01. The minimum Gasteiger partial charge on any atom is -0.426 e. The quantitative estimate of drug-likeness (QED) is 0.733. The molecule has 1 amide bonds. The van der Waals surface area contributed by atoms with Crippen molar-refractivity contribution in [3.8, 4) is 5.75 Å². The van der Waals surface area contributed by atoms with Crippen LogP contribution in [0.3, 0.4) is 0 Å². The van der Waals surface area contributed by atoms with Crippen LogP contribution in [0.15, 0.2) is 30.5 Å². The van der Waals surface area contributed by atoms with E-state index in [1.165, 1.54) is 13.0 Å². The van der Waals surface area contributed by atoms with Crippen molar-refractivity contribution < 1.29 is 40.3 Å². The Kier molecular flexibility index (Phi) is 5.66. The Bertz CT molecular complexity index is 818. The van der Waals surface area contributed by atoms with E-state index < -0.39 is 47.3 Å². The van der Waals surface area contributed by atoms with E-state index in [0.717, 1.165) is 29.1 Å². The van der Waals surface area contributed by atoms with Crippen LogP contribution in [0.25, 0.3) is 0 Å². The highest BCUT2D eigenvalue weighted by atomic mass is 19.4. The van der Waals surface area contributed by atoms with Crippen molar-refractivity contribution in [2.45, 2.75) is 32.2 Å². The number of aromatic nitrogens is 2. The summed E-state index contributed by atoms with van der Waals surface area (Å²) in [4.78, 5) is 12.2. The van der Waals surface area contributed by atoms with Crippen LogP contribution in [0.2, 0.25) is 0 Å². The smallest absolute Gasteiger partial charge is 0.426 e. The number of nitrogens with one attached hydrogen (secondary N) is 1. The normalized spacial score (nSPS) is 12.3. The Balaban J connectivity index is 2.34. The van der Waals surface area contributed by atoms with Gasteiger partial charge < -0.3 is 10.1 Å². The number of nitrogens with zero attached hydrogens (tertiary/aromatic N) is 2. The molecule has 0 radical (unpaired) electrons. The number of alkyl halides is 7. The van der Waals surface area contributed by atoms with Gasteiger partial charge in [0, 0.05) is 12.7 Å². The van der Waals surface area contributed by atoms with Crippen molar-refractivity contribution >= 4 is 11.6 Å². The molecule has 2 aromatic rings. The molecule has 27 heavy (non-hydrogen) atoms. The third kappa shape index (κ3) is 4.68. The van der Waals surface area contributed by atoms with Crippen LogP contribution in [0, 0.1) is 0 Å². The summed E-state index contributed by atoms with van der Waals surface area (Å²) in [5.41, 5.74) is -2.85. The number of benzene rings is 1. The largest absolute Gasteiger partial charge is 0.461 e. The molecular formula is C15H12F7N3O2. The summed E-state index contributed by atoms with van der Waals surface area (Å²) in [6.07, 6.45) is -13.1. The molecule has 1 aromatic carbocycles. The number of rotatable bonds is 6. The maximum atomic E-state index is 13.1. The van der Waals surface area contributed by atoms with Gasteiger partial charge in [0.05, 0.1) is 11.3 Å². The fourth-order valence-corrected chi connectivity index (χ4v) is 2.00. The van der Waals surface area contributed by atoms with Gasteiger partial charge in [-0.3, -0.25) is 9.48 Å². The third-order valence-electron chi connectivity index (χ3n) is 3.23. The number of amides is 1. The van der Waals surface area contributed by atoms with Gasteiger partial charge in [0.1, 0.15) is 5.75 Å². The second-order valence-corrected chi connectivity index (χ2v) is 5.16. The molecule has 148 valence electrons. The lowest BCUT2D eigenvalue weighted by molar-refractivity contribution is -0.252. The van der Waals surface area contributed by atoms with Crippen molar-refractivity contribution in [2.24, 2.45) is 0 Å². The van der Waals surface area contributed by atoms with Crippen LogP contribution in [0.1, 0.15) is 23.0 Å². The lowest BCUT2D eigenvalue weighted by Crippen LogP contribution is -2.33. The van der Waals surface area contributed by atoms with Crippen molar-refractivity contribution in [3.05, 3.63) is 41.7 Å². The number of halogens is 7. The van der Waals surface area contributed by atoms with E-state index in [1.54, 1.807) is 0 Å². The molecule has 0 atom stereocenters. The first-order valence-corrected chi connectivity index (χ1v) is 7.35. The van der Waals surface area contributed by atoms with Gasteiger partial charge in [0.15, 0.2) is 5.69 Å². The molecule has 1 aromatic heterocycles. The van der Waals surface area contributed by atoms with Crippen LogP contribution >= 0.6 is 0 Å². The van der Waals surface area contributed by atoms with E-state index in [2.05, 4.69) is 9.84 Å². The Labute approximate surface area is 147 Å². The first-order chi connectivity index (χ1) is 12.5. The Morgan fingerprint density at radius 1 is 1.22 bits per heavy atom. The Morgan fingerprint density at radius 3 is 2.41 bits per heavy atom. The standard InChI is InChI=1S/C15H12F7N3O2/c1-2-25-7-8(11(24-25)14(18,19)20)12(26)23-9-5-3-4-6-10(9)27-15(21,22)13(16)17/h3-7,13H,2H2,1H3,(H,23,26). The molecule has 0 aliphatic carbocycles. The fourth-order valence-electron chi connectivity index (χ4n) is 2.00. The second-order valence-electron chi connectivity index (χ2n) is 5.16. The molecule has 0 aliphatic rings. The second kappa shape index (κ2) is 7.45. The lowest BCUT2D eigenvalue weighted by Gasteiger charge is -2.19. The van der Waals surface area contributed by atoms with Crippen LogP contribution in [0.4, 0.5) is 36.4 Å². The molecule has 0 saturated heterocycles. The van der Waals surface area contributed by atoms with Crippen LogP contribution in [-0.4, -0.2) is 28.2 Å². The van der Waals surface area contributed by atoms with E-state index in [9.17, 15) is 35.5 Å².